The van der Waals surface area contributed by atoms with E-state index in [2.05, 4.69) is 26.6 Å². The second-order valence-corrected chi connectivity index (χ2v) is 6.83. The van der Waals surface area contributed by atoms with Gasteiger partial charge < -0.3 is 10.6 Å². The van der Waals surface area contributed by atoms with Gasteiger partial charge in [0.15, 0.2) is 0 Å². The number of nitrogens with zero attached hydrogens (tertiary/aromatic N) is 1. The molecule has 0 atom stereocenters. The molecule has 132 valence electrons. The number of aryl methyl sites for hydroxylation is 1. The highest BCUT2D eigenvalue weighted by Crippen LogP contribution is 2.19. The van der Waals surface area contributed by atoms with Crippen LogP contribution in [0.4, 0.5) is 11.4 Å². The Morgan fingerprint density at radius 3 is 2.44 bits per heavy atom. The van der Waals surface area contributed by atoms with E-state index in [0.29, 0.717) is 13.0 Å². The molecule has 2 amide bonds. The quantitative estimate of drug-likeness (QED) is 0.741. The van der Waals surface area contributed by atoms with Crippen molar-refractivity contribution in [2.24, 2.45) is 0 Å². The van der Waals surface area contributed by atoms with E-state index < -0.39 is 0 Å². The number of halogens is 1. The predicted octanol–water partition coefficient (Wildman–Crippen LogP) is 3.66. The van der Waals surface area contributed by atoms with Crippen LogP contribution in [0, 0.1) is 6.92 Å². The molecule has 2 aromatic carbocycles. The summed E-state index contributed by atoms with van der Waals surface area (Å²) in [6, 6.07) is 15.0. The largest absolute Gasteiger partial charge is 0.326 e. The van der Waals surface area contributed by atoms with Gasteiger partial charge in [-0.3, -0.25) is 14.5 Å². The molecule has 0 aliphatic carbocycles. The van der Waals surface area contributed by atoms with Crippen LogP contribution in [0.5, 0.6) is 0 Å². The summed E-state index contributed by atoms with van der Waals surface area (Å²) >= 11 is 3.40. The first-order chi connectivity index (χ1) is 11.9. The minimum Gasteiger partial charge on any atom is -0.326 e. The number of hydrogen-bond donors (Lipinski definition) is 2. The van der Waals surface area contributed by atoms with Gasteiger partial charge in [-0.25, -0.2) is 0 Å². The van der Waals surface area contributed by atoms with E-state index in [1.54, 1.807) is 0 Å². The predicted molar refractivity (Wildman–Crippen MR) is 105 cm³/mol. The van der Waals surface area contributed by atoms with Crippen LogP contribution in [0.1, 0.15) is 12.0 Å². The molecule has 0 heterocycles. The molecule has 0 aromatic heterocycles. The zero-order valence-corrected chi connectivity index (χ0v) is 16.0. The zero-order chi connectivity index (χ0) is 18.2. The molecule has 0 fully saturated rings. The van der Waals surface area contributed by atoms with Crippen molar-refractivity contribution in [1.29, 1.82) is 0 Å². The number of carbonyl (C=O) groups excluding carboxylic acids is 2. The van der Waals surface area contributed by atoms with Gasteiger partial charge in [-0.2, -0.15) is 0 Å². The number of para-hydroxylation sites is 1. The maximum atomic E-state index is 12.1. The van der Waals surface area contributed by atoms with Gasteiger partial charge in [0.2, 0.25) is 11.8 Å². The van der Waals surface area contributed by atoms with E-state index >= 15 is 0 Å². The first-order valence-electron chi connectivity index (χ1n) is 8.03. The van der Waals surface area contributed by atoms with Crippen molar-refractivity contribution < 1.29 is 9.59 Å². The highest BCUT2D eigenvalue weighted by molar-refractivity contribution is 9.10. The summed E-state index contributed by atoms with van der Waals surface area (Å²) in [4.78, 5) is 25.9. The molecule has 0 spiro atoms. The normalized spacial score (nSPS) is 10.6. The van der Waals surface area contributed by atoms with Gasteiger partial charge in [0, 0.05) is 28.8 Å². The second kappa shape index (κ2) is 9.34. The van der Waals surface area contributed by atoms with Crippen LogP contribution in [0.2, 0.25) is 0 Å². The van der Waals surface area contributed by atoms with Gasteiger partial charge >= 0.3 is 0 Å². The smallest absolute Gasteiger partial charge is 0.238 e. The summed E-state index contributed by atoms with van der Waals surface area (Å²) < 4.78 is 0.976. The Bertz CT molecular complexity index is 735. The Morgan fingerprint density at radius 1 is 1.04 bits per heavy atom. The van der Waals surface area contributed by atoms with Crippen LogP contribution in [-0.2, 0) is 9.59 Å². The fraction of sp³-hybridized carbons (Fsp3) is 0.263. The van der Waals surface area contributed by atoms with Crippen molar-refractivity contribution in [1.82, 2.24) is 4.90 Å². The van der Waals surface area contributed by atoms with Gasteiger partial charge in [0.05, 0.1) is 6.54 Å². The lowest BCUT2D eigenvalue weighted by Crippen LogP contribution is -2.32. The van der Waals surface area contributed by atoms with Crippen LogP contribution in [-0.4, -0.2) is 36.9 Å². The number of nitrogens with one attached hydrogen (secondary N) is 2. The Kier molecular flexibility index (Phi) is 7.16. The minimum atomic E-state index is -0.101. The number of anilines is 2. The minimum absolute atomic E-state index is 0.0674. The molecule has 0 radical (unpaired) electrons. The third kappa shape index (κ3) is 6.68. The SMILES string of the molecule is Cc1cc(Br)ccc1NC(=O)CN(C)CCC(=O)Nc1ccccc1. The lowest BCUT2D eigenvalue weighted by atomic mass is 10.2. The fourth-order valence-electron chi connectivity index (χ4n) is 2.32. The van der Waals surface area contributed by atoms with Crippen LogP contribution in [0.25, 0.3) is 0 Å². The first kappa shape index (κ1) is 19.1. The van der Waals surface area contributed by atoms with Gasteiger partial charge in [0.25, 0.3) is 0 Å². The van der Waals surface area contributed by atoms with E-state index in [0.717, 1.165) is 21.4 Å². The number of hydrogen-bond acceptors (Lipinski definition) is 3. The van der Waals surface area contributed by atoms with Crippen molar-refractivity contribution in [2.45, 2.75) is 13.3 Å². The highest BCUT2D eigenvalue weighted by Gasteiger charge is 2.10. The molecule has 2 rings (SSSR count). The van der Waals surface area contributed by atoms with E-state index in [4.69, 9.17) is 0 Å². The number of benzene rings is 2. The van der Waals surface area contributed by atoms with Crippen molar-refractivity contribution in [3.63, 3.8) is 0 Å². The summed E-state index contributed by atoms with van der Waals surface area (Å²) in [6.07, 6.45) is 0.329. The average Bonchev–Trinajstić information content (AvgIpc) is 2.56. The number of carbonyl (C=O) groups is 2. The summed E-state index contributed by atoms with van der Waals surface area (Å²) in [5.41, 5.74) is 2.56. The van der Waals surface area contributed by atoms with Crippen molar-refractivity contribution in [2.75, 3.05) is 30.8 Å². The molecule has 0 bridgehead atoms. The van der Waals surface area contributed by atoms with E-state index in [1.165, 1.54) is 0 Å². The molecular formula is C19H22BrN3O2. The number of rotatable bonds is 7. The van der Waals surface area contributed by atoms with Crippen LogP contribution in [0.3, 0.4) is 0 Å². The molecule has 5 nitrogen and oxygen atoms in total. The molecule has 0 aliphatic rings. The lowest BCUT2D eigenvalue weighted by Gasteiger charge is -2.16. The first-order valence-corrected chi connectivity index (χ1v) is 8.83. The second-order valence-electron chi connectivity index (χ2n) is 5.91. The molecule has 0 saturated heterocycles. The van der Waals surface area contributed by atoms with Gasteiger partial charge in [-0.05, 0) is 49.9 Å². The lowest BCUT2D eigenvalue weighted by molar-refractivity contribution is -0.119. The van der Waals surface area contributed by atoms with Gasteiger partial charge in [-0.15, -0.1) is 0 Å². The monoisotopic (exact) mass is 403 g/mol. The summed E-state index contributed by atoms with van der Waals surface area (Å²) in [6.45, 7) is 2.68. The van der Waals surface area contributed by atoms with E-state index in [-0.39, 0.29) is 18.4 Å². The third-order valence-electron chi connectivity index (χ3n) is 3.65. The van der Waals surface area contributed by atoms with Crippen LogP contribution < -0.4 is 10.6 Å². The molecule has 6 heteroatoms. The average molecular weight is 404 g/mol. The highest BCUT2D eigenvalue weighted by atomic mass is 79.9. The Balaban J connectivity index is 1.74. The Labute approximate surface area is 156 Å². The Morgan fingerprint density at radius 2 is 1.76 bits per heavy atom. The molecule has 25 heavy (non-hydrogen) atoms. The van der Waals surface area contributed by atoms with E-state index in [1.807, 2.05) is 67.4 Å². The van der Waals surface area contributed by atoms with Crippen LogP contribution >= 0.6 is 15.9 Å². The standard InChI is InChI=1S/C19H22BrN3O2/c1-14-12-15(20)8-9-17(14)22-19(25)13-23(2)11-10-18(24)21-16-6-4-3-5-7-16/h3-9,12H,10-11,13H2,1-2H3,(H,21,24)(H,22,25). The maximum absolute atomic E-state index is 12.1. The number of likely N-dealkylation sites (N-methyl/N-ethyl adjacent to an activating group) is 1. The van der Waals surface area contributed by atoms with E-state index in [9.17, 15) is 9.59 Å². The molecule has 0 aliphatic heterocycles. The zero-order valence-electron chi connectivity index (χ0n) is 14.4. The molecule has 0 saturated carbocycles. The van der Waals surface area contributed by atoms with Gasteiger partial charge in [-0.1, -0.05) is 34.1 Å². The summed E-state index contributed by atoms with van der Waals surface area (Å²) in [5.74, 6) is -0.168. The summed E-state index contributed by atoms with van der Waals surface area (Å²) in [7, 11) is 1.82. The fourth-order valence-corrected chi connectivity index (χ4v) is 2.79. The van der Waals surface area contributed by atoms with Crippen molar-refractivity contribution in [3.8, 4) is 0 Å². The maximum Gasteiger partial charge on any atom is 0.238 e. The molecule has 2 aromatic rings. The molecule has 2 N–H and O–H groups in total. The third-order valence-corrected chi connectivity index (χ3v) is 4.15. The topological polar surface area (TPSA) is 61.4 Å². The van der Waals surface area contributed by atoms with Crippen LogP contribution in [0.15, 0.2) is 53.0 Å². The van der Waals surface area contributed by atoms with Crippen molar-refractivity contribution >= 4 is 39.1 Å². The van der Waals surface area contributed by atoms with Crippen molar-refractivity contribution in [3.05, 3.63) is 58.6 Å². The molecule has 0 unspecified atom stereocenters. The van der Waals surface area contributed by atoms with Gasteiger partial charge in [0.1, 0.15) is 0 Å². The number of amides is 2. The molecular weight excluding hydrogens is 382 g/mol. The summed E-state index contributed by atoms with van der Waals surface area (Å²) in [5, 5.41) is 5.73. The Hall–Kier alpha value is -2.18.